The van der Waals surface area contributed by atoms with Crippen molar-refractivity contribution in [3.63, 3.8) is 0 Å². The van der Waals surface area contributed by atoms with Gasteiger partial charge in [0.2, 0.25) is 0 Å². The first-order valence-corrected chi connectivity index (χ1v) is 38.7. The maximum atomic E-state index is 2.39. The van der Waals surface area contributed by atoms with Gasteiger partial charge in [-0.3, -0.25) is 0 Å². The lowest BCUT2D eigenvalue weighted by Crippen LogP contribution is -2.17. The van der Waals surface area contributed by atoms with Crippen molar-refractivity contribution in [3.8, 4) is 0 Å². The molecule has 6 aromatic carbocycles. The van der Waals surface area contributed by atoms with Gasteiger partial charge >= 0.3 is 0 Å². The van der Waals surface area contributed by atoms with Crippen molar-refractivity contribution in [2.24, 2.45) is 42.3 Å². The van der Waals surface area contributed by atoms with Crippen LogP contribution in [0.3, 0.4) is 0 Å². The van der Waals surface area contributed by atoms with E-state index in [0.717, 1.165) is 0 Å². The van der Waals surface area contributed by atoms with Gasteiger partial charge in [0.05, 0.1) is 5.52 Å². The molecule has 0 aliphatic heterocycles. The fourth-order valence-corrected chi connectivity index (χ4v) is 14.3. The monoisotopic (exact) mass is 1390 g/mol. The van der Waals surface area contributed by atoms with Crippen molar-refractivity contribution in [3.05, 3.63) is 213 Å². The van der Waals surface area contributed by atoms with Crippen LogP contribution in [-0.4, -0.2) is 27.4 Å². The predicted octanol–water partition coefficient (Wildman–Crippen LogP) is 27.8. The van der Waals surface area contributed by atoms with Crippen LogP contribution in [-0.2, 0) is 80.2 Å². The van der Waals surface area contributed by atoms with E-state index in [0.29, 0.717) is 29.6 Å². The average Bonchev–Trinajstić information content (AvgIpc) is 1.78. The lowest BCUT2D eigenvalue weighted by molar-refractivity contribution is 0.547. The van der Waals surface area contributed by atoms with Crippen LogP contribution >= 0.6 is 0 Å². The zero-order valence-corrected chi connectivity index (χ0v) is 71.9. The Morgan fingerprint density at radius 1 is 0.252 bits per heavy atom. The second-order valence-electron chi connectivity index (χ2n) is 39.0. The molecule has 6 heterocycles. The molecule has 558 valence electrons. The first kappa shape index (κ1) is 82.8. The van der Waals surface area contributed by atoms with Crippen molar-refractivity contribution >= 4 is 65.4 Å². The minimum Gasteiger partial charge on any atom is -0.351 e. The highest BCUT2D eigenvalue weighted by molar-refractivity contribution is 5.89. The molecule has 0 atom stereocenters. The van der Waals surface area contributed by atoms with E-state index < -0.39 is 0 Å². The fourth-order valence-electron chi connectivity index (χ4n) is 14.3. The molecule has 0 spiro atoms. The molecule has 0 aliphatic rings. The van der Waals surface area contributed by atoms with E-state index in [1.54, 1.807) is 0 Å². The standard InChI is InChI=1S/2C17H25N.3C16H23N.C15H21N/c1-16(2,3)13-8-9-14-12(10-13)11-15(18(14)7)17(4,5)6;1-16(2,3)13-10-12-8-9-18(7)15(12)14(11-13)17(4,5)6;1-11(2)12-9-14(16(3,4)5)13-7-8-17(6)15(13)10-12;1-11(2)12-7-8-15-13(9-12)14(10-17(15)6)16(3,4)5;1-11(2)12-7-8-13-14(16(3,4)5)10-17(6)15(13)9-12;1-10(2)12-6-7-13-9-14(11(3)4)16(5)15(13)8-12/h2*8-11H,1-7H3;3*7-11H,1-6H3;6-11H,1-5H3. The number of aromatic nitrogens is 6. The molecule has 0 amide bonds. The van der Waals surface area contributed by atoms with Gasteiger partial charge in [0.15, 0.2) is 0 Å². The molecule has 0 radical (unpaired) electrons. The van der Waals surface area contributed by atoms with Crippen LogP contribution < -0.4 is 0 Å². The topological polar surface area (TPSA) is 29.6 Å². The number of hydrogen-bond donors (Lipinski definition) is 0. The van der Waals surface area contributed by atoms with Gasteiger partial charge in [-0.2, -0.15) is 0 Å². The number of fused-ring (bicyclic) bond motifs is 6. The molecule has 6 aromatic heterocycles. The maximum Gasteiger partial charge on any atom is 0.0515 e. The van der Waals surface area contributed by atoms with Gasteiger partial charge in [0.25, 0.3) is 0 Å². The summed E-state index contributed by atoms with van der Waals surface area (Å²) in [6.45, 7) is 70.4. The SMILES string of the molecule is CC(C)c1cc(C(C)(C)C)c2ccn(C)c2c1.CC(C)c1ccc2c(C(C)(C)C)cn(C)c2c1.CC(C)c1ccc2c(c1)c(C(C)(C)C)cn2C.CC(C)c1ccc2cc(C(C)C)n(C)c2c1.Cn1c(C(C)(C)C)cc2cc(C(C)(C)C)ccc21.Cn1ccc2cc(C(C)(C)C)cc(C(C)(C)C)c21. The Bertz CT molecular complexity index is 4860. The summed E-state index contributed by atoms with van der Waals surface area (Å²) in [5.74, 6) is 2.94. The molecule has 0 saturated heterocycles. The van der Waals surface area contributed by atoms with E-state index in [2.05, 4.69) is 430 Å². The minimum absolute atomic E-state index is 0.172. The van der Waals surface area contributed by atoms with Crippen molar-refractivity contribution < 1.29 is 0 Å². The van der Waals surface area contributed by atoms with Gasteiger partial charge in [0.1, 0.15) is 0 Å². The van der Waals surface area contributed by atoms with Crippen molar-refractivity contribution in [2.75, 3.05) is 0 Å². The van der Waals surface area contributed by atoms with E-state index in [1.165, 1.54) is 132 Å². The van der Waals surface area contributed by atoms with Gasteiger partial charge in [-0.1, -0.05) is 263 Å². The molecule has 103 heavy (non-hydrogen) atoms. The lowest BCUT2D eigenvalue weighted by Gasteiger charge is -2.26. The quantitative estimate of drug-likeness (QED) is 0.164. The van der Waals surface area contributed by atoms with Crippen LogP contribution in [0.15, 0.2) is 146 Å². The van der Waals surface area contributed by atoms with Crippen molar-refractivity contribution in [1.82, 2.24) is 27.4 Å². The predicted molar refractivity (Wildman–Crippen MR) is 459 cm³/mol. The van der Waals surface area contributed by atoms with Crippen LogP contribution in [0.25, 0.3) is 65.4 Å². The normalized spacial score (nSPS) is 12.8. The van der Waals surface area contributed by atoms with Crippen LogP contribution in [0.2, 0.25) is 0 Å². The van der Waals surface area contributed by atoms with Gasteiger partial charge in [-0.05, 0) is 196 Å². The first-order valence-electron chi connectivity index (χ1n) is 38.7. The molecular weight excluding hydrogens is 1250 g/mol. The van der Waals surface area contributed by atoms with E-state index in [1.807, 2.05) is 0 Å². The molecule has 0 bridgehead atoms. The Morgan fingerprint density at radius 3 is 1.19 bits per heavy atom. The summed E-state index contributed by atoms with van der Waals surface area (Å²) in [5.41, 5.74) is 26.6. The van der Waals surface area contributed by atoms with E-state index in [-0.39, 0.29) is 37.9 Å². The summed E-state index contributed by atoms with van der Waals surface area (Å²) in [4.78, 5) is 0. The molecule has 0 N–H and O–H groups in total. The number of aryl methyl sites for hydroxylation is 6. The van der Waals surface area contributed by atoms with Gasteiger partial charge in [0, 0.05) is 138 Å². The third-order valence-electron chi connectivity index (χ3n) is 21.2. The van der Waals surface area contributed by atoms with Gasteiger partial charge in [-0.15, -0.1) is 0 Å². The zero-order chi connectivity index (χ0) is 77.7. The summed E-state index contributed by atoms with van der Waals surface area (Å²) < 4.78 is 13.6. The third-order valence-corrected chi connectivity index (χ3v) is 21.2. The highest BCUT2D eigenvalue weighted by atomic mass is 15.0. The molecule has 0 fully saturated rings. The number of benzene rings is 6. The van der Waals surface area contributed by atoms with E-state index in [9.17, 15) is 0 Å². The van der Waals surface area contributed by atoms with Gasteiger partial charge in [-0.25, -0.2) is 0 Å². The summed E-state index contributed by atoms with van der Waals surface area (Å²) in [5, 5.41) is 8.26. The molecule has 0 saturated carbocycles. The number of rotatable bonds is 5. The second kappa shape index (κ2) is 30.9. The molecule has 12 aromatic rings. The third kappa shape index (κ3) is 19.4. The summed E-state index contributed by atoms with van der Waals surface area (Å²) in [6.07, 6.45) is 8.86. The van der Waals surface area contributed by atoms with E-state index >= 15 is 0 Å². The molecule has 12 rings (SSSR count). The molecular formula is C97H140N6. The molecule has 6 nitrogen and oxygen atoms in total. The Balaban J connectivity index is 0.000000173. The van der Waals surface area contributed by atoms with Crippen LogP contribution in [0.1, 0.15) is 311 Å². The first-order chi connectivity index (χ1) is 47.1. The smallest absolute Gasteiger partial charge is 0.0515 e. The highest BCUT2D eigenvalue weighted by Gasteiger charge is 2.27. The zero-order valence-electron chi connectivity index (χ0n) is 71.9. The second-order valence-corrected chi connectivity index (χ2v) is 39.0. The Hall–Kier alpha value is -7.44. The minimum atomic E-state index is 0.172. The summed E-state index contributed by atoms with van der Waals surface area (Å²) in [7, 11) is 12.9. The lowest BCUT2D eigenvalue weighted by atomic mass is 9.79. The number of hydrogen-bond acceptors (Lipinski definition) is 0. The average molecular weight is 1390 g/mol. The Morgan fingerprint density at radius 2 is 0.689 bits per heavy atom. The highest BCUT2D eigenvalue weighted by Crippen LogP contribution is 2.40. The Labute approximate surface area is 626 Å². The molecule has 0 aliphatic carbocycles. The van der Waals surface area contributed by atoms with Crippen LogP contribution in [0.5, 0.6) is 0 Å². The fraction of sp³-hybridized carbons (Fsp3) is 0.505. The summed E-state index contributed by atoms with van der Waals surface area (Å²) in [6, 6.07) is 46.0. The Kier molecular flexibility index (Phi) is 24.9. The largest absolute Gasteiger partial charge is 0.351 e. The van der Waals surface area contributed by atoms with Crippen molar-refractivity contribution in [1.29, 1.82) is 0 Å². The van der Waals surface area contributed by atoms with Gasteiger partial charge < -0.3 is 27.4 Å². The van der Waals surface area contributed by atoms with Crippen LogP contribution in [0.4, 0.5) is 0 Å². The van der Waals surface area contributed by atoms with Crippen LogP contribution in [0, 0.1) is 0 Å². The maximum absolute atomic E-state index is 2.39. The molecule has 6 heteroatoms. The number of nitrogens with zero attached hydrogens (tertiary/aromatic N) is 6. The van der Waals surface area contributed by atoms with E-state index in [4.69, 9.17) is 0 Å². The summed E-state index contributed by atoms with van der Waals surface area (Å²) >= 11 is 0. The molecule has 0 unspecified atom stereocenters. The van der Waals surface area contributed by atoms with Crippen molar-refractivity contribution in [2.45, 2.75) is 282 Å².